The zero-order chi connectivity index (χ0) is 19.3. The molecule has 0 saturated carbocycles. The number of aromatic nitrogens is 2. The summed E-state index contributed by atoms with van der Waals surface area (Å²) in [7, 11) is 1.57. The normalized spacial score (nSPS) is 11.3. The van der Waals surface area contributed by atoms with Crippen LogP contribution >= 0.6 is 11.6 Å². The van der Waals surface area contributed by atoms with Crippen molar-refractivity contribution in [3.8, 4) is 11.8 Å². The third-order valence-corrected chi connectivity index (χ3v) is 4.05. The molecule has 1 amide bonds. The lowest BCUT2D eigenvalue weighted by Crippen LogP contribution is -2.13. The van der Waals surface area contributed by atoms with Gasteiger partial charge in [-0.25, -0.2) is 0 Å². The summed E-state index contributed by atoms with van der Waals surface area (Å²) < 4.78 is 6.76. The van der Waals surface area contributed by atoms with Crippen LogP contribution < -0.4 is 10.1 Å². The Hall–Kier alpha value is -2.78. The zero-order valence-electron chi connectivity index (χ0n) is 15.2. The summed E-state index contributed by atoms with van der Waals surface area (Å²) in [5.41, 5.74) is 1.76. The second-order valence-electron chi connectivity index (χ2n) is 6.22. The van der Waals surface area contributed by atoms with E-state index in [2.05, 4.69) is 24.3 Å². The van der Waals surface area contributed by atoms with Gasteiger partial charge in [0.2, 0.25) is 0 Å². The van der Waals surface area contributed by atoms with Crippen LogP contribution in [0, 0.1) is 24.2 Å². The molecule has 0 spiro atoms. The number of ether oxygens (including phenoxy) is 1. The first kappa shape index (κ1) is 19.5. The van der Waals surface area contributed by atoms with Crippen LogP contribution in [0.2, 0.25) is 5.15 Å². The highest BCUT2D eigenvalue weighted by atomic mass is 35.5. The molecule has 1 N–H and O–H groups in total. The molecule has 2 rings (SSSR count). The molecule has 6 nitrogen and oxygen atoms in total. The fraction of sp³-hybridized carbons (Fsp3) is 0.316. The summed E-state index contributed by atoms with van der Waals surface area (Å²) in [5.74, 6) is 0.543. The molecule has 1 aromatic heterocycles. The van der Waals surface area contributed by atoms with Gasteiger partial charge in [-0.2, -0.15) is 10.4 Å². The number of aryl methyl sites for hydroxylation is 1. The van der Waals surface area contributed by atoms with Gasteiger partial charge >= 0.3 is 0 Å². The second-order valence-corrected chi connectivity index (χ2v) is 6.58. The molecule has 0 atom stereocenters. The SMILES string of the molecule is COc1ccc(NC(=O)C(C#N)=Cc2c(C)nn(CC(C)C)c2Cl)cc1. The summed E-state index contributed by atoms with van der Waals surface area (Å²) in [6, 6.07) is 8.77. The molecule has 0 fully saturated rings. The van der Waals surface area contributed by atoms with Crippen molar-refractivity contribution in [1.29, 1.82) is 5.26 Å². The molecule has 0 unspecified atom stereocenters. The van der Waals surface area contributed by atoms with E-state index in [1.807, 2.05) is 6.07 Å². The Morgan fingerprint density at radius 1 is 1.42 bits per heavy atom. The minimum Gasteiger partial charge on any atom is -0.497 e. The van der Waals surface area contributed by atoms with E-state index in [9.17, 15) is 10.1 Å². The number of nitrogens with zero attached hydrogens (tertiary/aromatic N) is 3. The van der Waals surface area contributed by atoms with Gasteiger partial charge in [-0.05, 0) is 43.2 Å². The molecule has 136 valence electrons. The maximum absolute atomic E-state index is 12.4. The van der Waals surface area contributed by atoms with Crippen molar-refractivity contribution in [2.24, 2.45) is 5.92 Å². The molecule has 0 aliphatic heterocycles. The van der Waals surface area contributed by atoms with Crippen LogP contribution in [0.25, 0.3) is 6.08 Å². The largest absolute Gasteiger partial charge is 0.497 e. The number of nitrogens with one attached hydrogen (secondary N) is 1. The molecule has 7 heteroatoms. The van der Waals surface area contributed by atoms with Crippen molar-refractivity contribution in [2.45, 2.75) is 27.3 Å². The number of methoxy groups -OCH3 is 1. The Kier molecular flexibility index (Phi) is 6.42. The molecule has 0 aliphatic carbocycles. The number of halogens is 1. The third-order valence-electron chi connectivity index (χ3n) is 3.65. The van der Waals surface area contributed by atoms with E-state index < -0.39 is 5.91 Å². The lowest BCUT2D eigenvalue weighted by molar-refractivity contribution is -0.112. The van der Waals surface area contributed by atoms with Crippen LogP contribution in [0.3, 0.4) is 0 Å². The average molecular weight is 373 g/mol. The van der Waals surface area contributed by atoms with Crippen LogP contribution in [-0.4, -0.2) is 22.8 Å². The standard InChI is InChI=1S/C19H21ClN4O2/c1-12(2)11-24-18(20)17(13(3)23-24)9-14(10-21)19(25)22-15-5-7-16(26-4)8-6-15/h5-9,12H,11H2,1-4H3,(H,22,25). The Labute approximate surface area is 158 Å². The van der Waals surface area contributed by atoms with Crippen LogP contribution in [0.4, 0.5) is 5.69 Å². The van der Waals surface area contributed by atoms with Gasteiger partial charge in [0.15, 0.2) is 0 Å². The molecule has 1 aromatic carbocycles. The van der Waals surface area contributed by atoms with Crippen molar-refractivity contribution in [3.05, 3.63) is 46.2 Å². The fourth-order valence-electron chi connectivity index (χ4n) is 2.36. The van der Waals surface area contributed by atoms with Crippen molar-refractivity contribution in [1.82, 2.24) is 9.78 Å². The van der Waals surface area contributed by atoms with E-state index >= 15 is 0 Å². The predicted molar refractivity (Wildman–Crippen MR) is 102 cm³/mol. The number of amides is 1. The fourth-order valence-corrected chi connectivity index (χ4v) is 2.66. The zero-order valence-corrected chi connectivity index (χ0v) is 16.0. The third kappa shape index (κ3) is 4.64. The molecule has 26 heavy (non-hydrogen) atoms. The van der Waals surface area contributed by atoms with Crippen LogP contribution in [0.5, 0.6) is 5.75 Å². The predicted octanol–water partition coefficient (Wildman–Crippen LogP) is 4.06. The van der Waals surface area contributed by atoms with Gasteiger partial charge in [-0.3, -0.25) is 9.48 Å². The minimum absolute atomic E-state index is 0.0464. The van der Waals surface area contributed by atoms with E-state index in [4.69, 9.17) is 16.3 Å². The average Bonchev–Trinajstić information content (AvgIpc) is 2.86. The van der Waals surface area contributed by atoms with Crippen LogP contribution in [0.1, 0.15) is 25.1 Å². The smallest absolute Gasteiger partial charge is 0.266 e. The van der Waals surface area contributed by atoms with Crippen molar-refractivity contribution < 1.29 is 9.53 Å². The number of anilines is 1. The van der Waals surface area contributed by atoms with E-state index in [1.165, 1.54) is 6.08 Å². The number of rotatable bonds is 6. The number of carbonyl (C=O) groups excluding carboxylic acids is 1. The first-order chi connectivity index (χ1) is 12.3. The topological polar surface area (TPSA) is 79.9 Å². The van der Waals surface area contributed by atoms with Gasteiger partial charge in [-0.1, -0.05) is 25.4 Å². The Morgan fingerprint density at radius 3 is 2.62 bits per heavy atom. The van der Waals surface area contributed by atoms with E-state index in [0.29, 0.717) is 40.3 Å². The number of nitriles is 1. The van der Waals surface area contributed by atoms with Crippen molar-refractivity contribution >= 4 is 29.3 Å². The number of benzene rings is 1. The number of carbonyl (C=O) groups is 1. The number of hydrogen-bond acceptors (Lipinski definition) is 4. The molecule has 0 bridgehead atoms. The van der Waals surface area contributed by atoms with Crippen molar-refractivity contribution in [2.75, 3.05) is 12.4 Å². The molecular weight excluding hydrogens is 352 g/mol. The molecule has 0 aliphatic rings. The highest BCUT2D eigenvalue weighted by Crippen LogP contribution is 2.24. The van der Waals surface area contributed by atoms with Gasteiger partial charge in [-0.15, -0.1) is 0 Å². The van der Waals surface area contributed by atoms with Gasteiger partial charge < -0.3 is 10.1 Å². The molecule has 1 heterocycles. The summed E-state index contributed by atoms with van der Waals surface area (Å²) in [5, 5.41) is 16.9. The first-order valence-corrected chi connectivity index (χ1v) is 8.53. The van der Waals surface area contributed by atoms with Gasteiger partial charge in [0.05, 0.1) is 12.8 Å². The highest BCUT2D eigenvalue weighted by molar-refractivity contribution is 6.31. The second kappa shape index (κ2) is 8.54. The van der Waals surface area contributed by atoms with Crippen molar-refractivity contribution in [3.63, 3.8) is 0 Å². The lowest BCUT2D eigenvalue weighted by Gasteiger charge is -2.06. The van der Waals surface area contributed by atoms with Gasteiger partial charge in [0.25, 0.3) is 5.91 Å². The van der Waals surface area contributed by atoms with Gasteiger partial charge in [0.1, 0.15) is 22.5 Å². The Balaban J connectivity index is 2.25. The number of hydrogen-bond donors (Lipinski definition) is 1. The van der Waals surface area contributed by atoms with Crippen LogP contribution in [-0.2, 0) is 11.3 Å². The highest BCUT2D eigenvalue weighted by Gasteiger charge is 2.16. The summed E-state index contributed by atoms with van der Waals surface area (Å²) in [6.45, 7) is 6.58. The van der Waals surface area contributed by atoms with E-state index in [-0.39, 0.29) is 5.57 Å². The van der Waals surface area contributed by atoms with E-state index in [1.54, 1.807) is 43.0 Å². The monoisotopic (exact) mass is 372 g/mol. The molecule has 0 radical (unpaired) electrons. The summed E-state index contributed by atoms with van der Waals surface area (Å²) in [6.07, 6.45) is 1.47. The maximum atomic E-state index is 12.4. The van der Waals surface area contributed by atoms with Crippen LogP contribution in [0.15, 0.2) is 29.8 Å². The Bertz CT molecular complexity index is 861. The summed E-state index contributed by atoms with van der Waals surface area (Å²) in [4.78, 5) is 12.4. The van der Waals surface area contributed by atoms with E-state index in [0.717, 1.165) is 0 Å². The lowest BCUT2D eigenvalue weighted by atomic mass is 10.1. The molecule has 0 saturated heterocycles. The molecule has 2 aromatic rings. The first-order valence-electron chi connectivity index (χ1n) is 8.15. The minimum atomic E-state index is -0.509. The summed E-state index contributed by atoms with van der Waals surface area (Å²) >= 11 is 6.37. The quantitative estimate of drug-likeness (QED) is 0.612. The maximum Gasteiger partial charge on any atom is 0.266 e. The Morgan fingerprint density at radius 2 is 2.08 bits per heavy atom. The molecular formula is C19H21ClN4O2. The van der Waals surface area contributed by atoms with Gasteiger partial charge in [0, 0.05) is 17.8 Å².